The molecule has 0 saturated carbocycles. The standard InChI is InChI=1S/C17H17ClSi/c1-19(18)16(14-8-4-2-5-9-14)12-13-17(19)15-10-6-3-7-11-15/h2-13,16-17H,1H3. The molecule has 0 fully saturated rings. The highest BCUT2D eigenvalue weighted by Crippen LogP contribution is 2.47. The highest BCUT2D eigenvalue weighted by molar-refractivity contribution is 7.21. The maximum absolute atomic E-state index is 7.05. The molecule has 0 aliphatic carbocycles. The molecule has 0 amide bonds. The summed E-state index contributed by atoms with van der Waals surface area (Å²) in [5.74, 6) is 0. The molecule has 2 aromatic rings. The summed E-state index contributed by atoms with van der Waals surface area (Å²) in [6.07, 6.45) is 4.62. The Labute approximate surface area is 120 Å². The SMILES string of the molecule is C[Si]1(Cl)C(c2ccccc2)C=CC1c1ccccc1. The molecule has 0 nitrogen and oxygen atoms in total. The number of halogens is 1. The highest BCUT2D eigenvalue weighted by atomic mass is 35.6. The normalized spacial score (nSPS) is 29.6. The van der Waals surface area contributed by atoms with E-state index in [1.165, 1.54) is 11.1 Å². The van der Waals surface area contributed by atoms with Gasteiger partial charge in [0.05, 0.1) is 0 Å². The molecule has 0 radical (unpaired) electrons. The van der Waals surface area contributed by atoms with Gasteiger partial charge in [-0.3, -0.25) is 0 Å². The van der Waals surface area contributed by atoms with Gasteiger partial charge in [-0.25, -0.2) is 0 Å². The quantitative estimate of drug-likeness (QED) is 0.413. The van der Waals surface area contributed by atoms with Crippen LogP contribution < -0.4 is 0 Å². The Balaban J connectivity index is 1.95. The van der Waals surface area contributed by atoms with Crippen LogP contribution in [0.5, 0.6) is 0 Å². The van der Waals surface area contributed by atoms with Crippen molar-refractivity contribution in [1.29, 1.82) is 0 Å². The lowest BCUT2D eigenvalue weighted by molar-refractivity contribution is 1.13. The second kappa shape index (κ2) is 4.99. The monoisotopic (exact) mass is 284 g/mol. The van der Waals surface area contributed by atoms with Crippen LogP contribution in [0.25, 0.3) is 0 Å². The van der Waals surface area contributed by atoms with Gasteiger partial charge in [0.15, 0.2) is 7.38 Å². The second-order valence-corrected chi connectivity index (χ2v) is 11.3. The van der Waals surface area contributed by atoms with Crippen LogP contribution >= 0.6 is 11.1 Å². The minimum Gasteiger partial charge on any atom is -0.165 e. The maximum atomic E-state index is 7.05. The molecule has 2 unspecified atom stereocenters. The first-order valence-electron chi connectivity index (χ1n) is 6.67. The fourth-order valence-corrected chi connectivity index (χ4v) is 7.23. The van der Waals surface area contributed by atoms with Gasteiger partial charge >= 0.3 is 0 Å². The lowest BCUT2D eigenvalue weighted by Gasteiger charge is -2.29. The van der Waals surface area contributed by atoms with E-state index in [9.17, 15) is 0 Å². The smallest absolute Gasteiger partial charge is 0.165 e. The van der Waals surface area contributed by atoms with Crippen LogP contribution in [0.3, 0.4) is 0 Å². The van der Waals surface area contributed by atoms with Crippen molar-refractivity contribution in [2.24, 2.45) is 0 Å². The fraction of sp³-hybridized carbons (Fsp3) is 0.176. The van der Waals surface area contributed by atoms with E-state index in [0.29, 0.717) is 11.1 Å². The summed E-state index contributed by atoms with van der Waals surface area (Å²) in [5, 5.41) is 0. The third-order valence-electron chi connectivity index (χ3n) is 4.03. The zero-order valence-corrected chi connectivity index (χ0v) is 12.7. The first kappa shape index (κ1) is 12.7. The van der Waals surface area contributed by atoms with Gasteiger partial charge in [-0.2, -0.15) is 11.1 Å². The van der Waals surface area contributed by atoms with Crippen molar-refractivity contribution in [1.82, 2.24) is 0 Å². The van der Waals surface area contributed by atoms with E-state index in [1.807, 2.05) is 0 Å². The van der Waals surface area contributed by atoms with Crippen LogP contribution in [-0.4, -0.2) is 7.38 Å². The third kappa shape index (κ3) is 2.29. The Kier molecular flexibility index (Phi) is 3.34. The van der Waals surface area contributed by atoms with E-state index in [4.69, 9.17) is 11.1 Å². The molecule has 0 bridgehead atoms. The van der Waals surface area contributed by atoms with E-state index in [1.54, 1.807) is 0 Å². The summed E-state index contributed by atoms with van der Waals surface area (Å²) in [5.41, 5.74) is 3.50. The molecule has 1 aliphatic rings. The molecule has 19 heavy (non-hydrogen) atoms. The maximum Gasteiger partial charge on any atom is 0.175 e. The molecule has 0 spiro atoms. The van der Waals surface area contributed by atoms with Crippen LogP contribution in [0, 0.1) is 0 Å². The van der Waals surface area contributed by atoms with Crippen LogP contribution in [0.2, 0.25) is 6.55 Å². The van der Waals surface area contributed by atoms with Gasteiger partial charge in [-0.05, 0) is 11.1 Å². The third-order valence-corrected chi connectivity index (χ3v) is 8.92. The van der Waals surface area contributed by atoms with Crippen molar-refractivity contribution in [2.45, 2.75) is 17.6 Å². The topological polar surface area (TPSA) is 0 Å². The summed E-state index contributed by atoms with van der Waals surface area (Å²) < 4.78 is 0. The van der Waals surface area contributed by atoms with Crippen LogP contribution in [0.1, 0.15) is 22.2 Å². The number of hydrogen-bond donors (Lipinski definition) is 0. The average Bonchev–Trinajstić information content (AvgIpc) is 2.76. The van der Waals surface area contributed by atoms with Gasteiger partial charge in [0.2, 0.25) is 0 Å². The Hall–Kier alpha value is -1.31. The molecule has 1 aliphatic heterocycles. The summed E-state index contributed by atoms with van der Waals surface area (Å²) in [4.78, 5) is 0. The molecular weight excluding hydrogens is 268 g/mol. The van der Waals surface area contributed by atoms with Crippen LogP contribution in [0.4, 0.5) is 0 Å². The predicted molar refractivity (Wildman–Crippen MR) is 85.0 cm³/mol. The predicted octanol–water partition coefficient (Wildman–Crippen LogP) is 5.02. The molecule has 0 saturated heterocycles. The fourth-order valence-electron chi connectivity index (χ4n) is 2.99. The molecule has 0 N–H and O–H groups in total. The molecule has 2 aromatic carbocycles. The Morgan fingerprint density at radius 3 is 1.47 bits per heavy atom. The molecule has 2 heteroatoms. The van der Waals surface area contributed by atoms with E-state index >= 15 is 0 Å². The zero-order valence-electron chi connectivity index (χ0n) is 11.0. The van der Waals surface area contributed by atoms with Gasteiger partial charge in [-0.15, -0.1) is 0 Å². The first-order valence-corrected chi connectivity index (χ1v) is 10.3. The molecular formula is C17H17ClSi. The number of rotatable bonds is 2. The molecule has 1 heterocycles. The van der Waals surface area contributed by atoms with E-state index in [0.717, 1.165) is 0 Å². The van der Waals surface area contributed by atoms with Crippen molar-refractivity contribution < 1.29 is 0 Å². The van der Waals surface area contributed by atoms with Crippen molar-refractivity contribution in [3.63, 3.8) is 0 Å². The summed E-state index contributed by atoms with van der Waals surface area (Å²) >= 11 is 7.05. The number of hydrogen-bond acceptors (Lipinski definition) is 0. The largest absolute Gasteiger partial charge is 0.175 e. The Morgan fingerprint density at radius 1 is 0.737 bits per heavy atom. The van der Waals surface area contributed by atoms with Gasteiger partial charge in [0.25, 0.3) is 0 Å². The van der Waals surface area contributed by atoms with Crippen molar-refractivity contribution in [3.8, 4) is 0 Å². The van der Waals surface area contributed by atoms with E-state index in [2.05, 4.69) is 79.4 Å². The zero-order chi connectivity index (χ0) is 13.3. The summed E-state index contributed by atoms with van der Waals surface area (Å²) in [7, 11) is -1.92. The van der Waals surface area contributed by atoms with Gasteiger partial charge < -0.3 is 0 Å². The minimum absolute atomic E-state index is 0.403. The second-order valence-electron chi connectivity index (χ2n) is 5.31. The number of allylic oxidation sites excluding steroid dienone is 2. The molecule has 3 rings (SSSR count). The molecule has 0 aromatic heterocycles. The Bertz CT molecular complexity index is 523. The van der Waals surface area contributed by atoms with E-state index in [-0.39, 0.29) is 0 Å². The summed E-state index contributed by atoms with van der Waals surface area (Å²) in [6.45, 7) is 2.28. The van der Waals surface area contributed by atoms with Crippen LogP contribution in [0.15, 0.2) is 72.8 Å². The molecule has 2 atom stereocenters. The average molecular weight is 285 g/mol. The lowest BCUT2D eigenvalue weighted by atomic mass is 10.1. The van der Waals surface area contributed by atoms with Crippen molar-refractivity contribution in [2.75, 3.05) is 0 Å². The van der Waals surface area contributed by atoms with Gasteiger partial charge in [-0.1, -0.05) is 79.4 Å². The van der Waals surface area contributed by atoms with Crippen molar-refractivity contribution in [3.05, 3.63) is 83.9 Å². The highest BCUT2D eigenvalue weighted by Gasteiger charge is 2.45. The summed E-state index contributed by atoms with van der Waals surface area (Å²) in [6, 6.07) is 21.3. The van der Waals surface area contributed by atoms with E-state index < -0.39 is 7.38 Å². The first-order chi connectivity index (χ1) is 9.19. The molecule has 96 valence electrons. The van der Waals surface area contributed by atoms with Crippen molar-refractivity contribution >= 4 is 18.5 Å². The lowest BCUT2D eigenvalue weighted by Crippen LogP contribution is -2.34. The Morgan fingerprint density at radius 2 is 1.11 bits per heavy atom. The minimum atomic E-state index is -1.92. The van der Waals surface area contributed by atoms with Gasteiger partial charge in [0, 0.05) is 11.1 Å². The van der Waals surface area contributed by atoms with Gasteiger partial charge in [0.1, 0.15) is 0 Å². The van der Waals surface area contributed by atoms with Crippen LogP contribution in [-0.2, 0) is 0 Å². The number of benzene rings is 2.